The Labute approximate surface area is 148 Å². The quantitative estimate of drug-likeness (QED) is 0.432. The molecule has 11 heteroatoms. The molecule has 0 spiro atoms. The minimum absolute atomic E-state index is 0.0586. The summed E-state index contributed by atoms with van der Waals surface area (Å²) < 4.78 is 108. The first-order valence-electron chi connectivity index (χ1n) is 7.50. The Balaban J connectivity index is 2.77. The number of unbranched alkanes of at least 4 members (excludes halogenated alkanes) is 1. The standard InChI is InChI=1S/C15H16F6O3S2/c1-3-4-7-11-9-12-10(2)6-5-8-13(12)25(11,14(16,17)18)24-26(22,23)15(19,20)21/h5-6,8-9H,3-4,7H2,1-2H3. The molecular weight excluding hydrogens is 406 g/mol. The summed E-state index contributed by atoms with van der Waals surface area (Å²) in [7, 11) is -11.3. The van der Waals surface area contributed by atoms with Gasteiger partial charge >= 0.3 is 21.1 Å². The zero-order valence-corrected chi connectivity index (χ0v) is 15.4. The van der Waals surface area contributed by atoms with E-state index in [9.17, 15) is 34.8 Å². The van der Waals surface area contributed by atoms with Crippen molar-refractivity contribution in [1.82, 2.24) is 0 Å². The van der Waals surface area contributed by atoms with E-state index in [1.165, 1.54) is 19.1 Å². The molecule has 0 fully saturated rings. The molecule has 0 radical (unpaired) electrons. The van der Waals surface area contributed by atoms with Crippen LogP contribution < -0.4 is 0 Å². The monoisotopic (exact) mass is 422 g/mol. The Kier molecular flexibility index (Phi) is 5.48. The van der Waals surface area contributed by atoms with Crippen molar-refractivity contribution < 1.29 is 38.4 Å². The van der Waals surface area contributed by atoms with Crippen LogP contribution in [0.4, 0.5) is 26.3 Å². The highest BCUT2D eigenvalue weighted by atomic mass is 32.3. The van der Waals surface area contributed by atoms with E-state index < -0.39 is 41.2 Å². The molecule has 1 aliphatic rings. The van der Waals surface area contributed by atoms with E-state index in [4.69, 9.17) is 0 Å². The van der Waals surface area contributed by atoms with Crippen LogP contribution in [-0.4, -0.2) is 19.4 Å². The molecule has 0 saturated heterocycles. The maximum atomic E-state index is 14.1. The highest BCUT2D eigenvalue weighted by Gasteiger charge is 2.64. The van der Waals surface area contributed by atoms with Crippen molar-refractivity contribution in [2.24, 2.45) is 0 Å². The van der Waals surface area contributed by atoms with E-state index in [2.05, 4.69) is 3.63 Å². The molecule has 1 aromatic carbocycles. The molecule has 2 rings (SSSR count). The Bertz CT molecular complexity index is 827. The molecule has 1 aromatic rings. The molecule has 148 valence electrons. The SMILES string of the molecule is CCCCC1=Cc2c(C)cccc2S1(OS(=O)(=O)C(F)(F)F)C(F)(F)F. The van der Waals surface area contributed by atoms with Gasteiger partial charge in [-0.1, -0.05) is 25.5 Å². The van der Waals surface area contributed by atoms with Crippen LogP contribution in [0.1, 0.15) is 37.3 Å². The predicted octanol–water partition coefficient (Wildman–Crippen LogP) is 6.00. The summed E-state index contributed by atoms with van der Waals surface area (Å²) in [4.78, 5) is -1.03. The number of aryl methyl sites for hydroxylation is 1. The molecule has 0 saturated carbocycles. The Morgan fingerprint density at radius 1 is 1.12 bits per heavy atom. The van der Waals surface area contributed by atoms with Gasteiger partial charge in [-0.05, 0) is 43.0 Å². The van der Waals surface area contributed by atoms with Gasteiger partial charge in [0.1, 0.15) is 0 Å². The van der Waals surface area contributed by atoms with Crippen molar-refractivity contribution in [1.29, 1.82) is 0 Å². The Morgan fingerprint density at radius 3 is 2.23 bits per heavy atom. The van der Waals surface area contributed by atoms with Gasteiger partial charge in [-0.15, -0.1) is 0 Å². The van der Waals surface area contributed by atoms with Gasteiger partial charge < -0.3 is 0 Å². The lowest BCUT2D eigenvalue weighted by atomic mass is 10.1. The average Bonchev–Trinajstić information content (AvgIpc) is 2.80. The van der Waals surface area contributed by atoms with E-state index >= 15 is 0 Å². The molecule has 0 bridgehead atoms. The van der Waals surface area contributed by atoms with E-state index in [1.807, 2.05) is 0 Å². The van der Waals surface area contributed by atoms with E-state index in [1.54, 1.807) is 6.92 Å². The van der Waals surface area contributed by atoms with Crippen LogP contribution in [-0.2, 0) is 13.7 Å². The molecule has 1 unspecified atom stereocenters. The van der Waals surface area contributed by atoms with Gasteiger partial charge in [0.2, 0.25) is 0 Å². The minimum atomic E-state index is -6.46. The molecular formula is C15H16F6O3S2. The fraction of sp³-hybridized carbons (Fsp3) is 0.467. The number of hydrogen-bond acceptors (Lipinski definition) is 3. The van der Waals surface area contributed by atoms with Crippen LogP contribution in [0.2, 0.25) is 0 Å². The Hall–Kier alpha value is -1.20. The lowest BCUT2D eigenvalue weighted by molar-refractivity contribution is -0.0546. The molecule has 26 heavy (non-hydrogen) atoms. The van der Waals surface area contributed by atoms with Gasteiger partial charge in [0, 0.05) is 20.1 Å². The molecule has 0 aliphatic carbocycles. The highest BCUT2D eigenvalue weighted by Crippen LogP contribution is 2.79. The third-order valence-corrected chi connectivity index (χ3v) is 8.63. The normalized spacial score (nSPS) is 23.3. The number of hydrogen-bond donors (Lipinski definition) is 0. The molecule has 0 aromatic heterocycles. The summed E-state index contributed by atoms with van der Waals surface area (Å²) in [6.45, 7) is 3.20. The zero-order chi connectivity index (χ0) is 20.0. The second kappa shape index (κ2) is 6.75. The van der Waals surface area contributed by atoms with Crippen molar-refractivity contribution in [2.75, 3.05) is 0 Å². The van der Waals surface area contributed by atoms with Crippen LogP contribution in [0.25, 0.3) is 6.08 Å². The van der Waals surface area contributed by atoms with Crippen molar-refractivity contribution in [3.8, 4) is 0 Å². The van der Waals surface area contributed by atoms with Crippen molar-refractivity contribution >= 4 is 26.5 Å². The van der Waals surface area contributed by atoms with Gasteiger partial charge in [-0.25, -0.2) is 0 Å². The number of halogens is 6. The van der Waals surface area contributed by atoms with Gasteiger partial charge in [0.15, 0.2) is 0 Å². The number of allylic oxidation sites excluding steroid dienone is 1. The summed E-state index contributed by atoms with van der Waals surface area (Å²) in [5, 5.41) is 0. The van der Waals surface area contributed by atoms with Crippen molar-refractivity contribution in [2.45, 2.75) is 49.0 Å². The van der Waals surface area contributed by atoms with Crippen LogP contribution in [0.15, 0.2) is 28.0 Å². The number of alkyl halides is 6. The third-order valence-electron chi connectivity index (χ3n) is 3.85. The van der Waals surface area contributed by atoms with Gasteiger partial charge in [0.05, 0.1) is 0 Å². The Morgan fingerprint density at radius 2 is 1.73 bits per heavy atom. The predicted molar refractivity (Wildman–Crippen MR) is 86.7 cm³/mol. The fourth-order valence-electron chi connectivity index (χ4n) is 2.61. The second-order valence-electron chi connectivity index (χ2n) is 5.67. The summed E-state index contributed by atoms with van der Waals surface area (Å²) in [6, 6.07) is 3.71. The fourth-order valence-corrected chi connectivity index (χ4v) is 7.29. The van der Waals surface area contributed by atoms with Gasteiger partial charge in [-0.2, -0.15) is 38.4 Å². The molecule has 0 N–H and O–H groups in total. The highest BCUT2D eigenvalue weighted by molar-refractivity contribution is 8.37. The van der Waals surface area contributed by atoms with Crippen molar-refractivity contribution in [3.63, 3.8) is 0 Å². The van der Waals surface area contributed by atoms with Crippen LogP contribution in [0.3, 0.4) is 0 Å². The first kappa shape index (κ1) is 21.1. The first-order valence-corrected chi connectivity index (χ1v) is 10.5. The summed E-state index contributed by atoms with van der Waals surface area (Å²) in [5.41, 5.74) is -10.8. The molecule has 3 nitrogen and oxygen atoms in total. The van der Waals surface area contributed by atoms with E-state index in [0.717, 1.165) is 12.1 Å². The smallest absolute Gasteiger partial charge is 0.196 e. The van der Waals surface area contributed by atoms with E-state index in [0.29, 0.717) is 12.0 Å². The number of benzene rings is 1. The number of rotatable bonds is 5. The molecule has 1 aliphatic heterocycles. The van der Waals surface area contributed by atoms with Crippen LogP contribution >= 0.6 is 10.3 Å². The summed E-state index contributed by atoms with van der Waals surface area (Å²) in [6.07, 6.45) is 1.63. The third kappa shape index (κ3) is 3.36. The first-order chi connectivity index (χ1) is 11.8. The number of fused-ring (bicyclic) bond motifs is 1. The lowest BCUT2D eigenvalue weighted by Gasteiger charge is -2.39. The average molecular weight is 422 g/mol. The zero-order valence-electron chi connectivity index (χ0n) is 13.7. The molecule has 0 amide bonds. The van der Waals surface area contributed by atoms with Gasteiger partial charge in [0.25, 0.3) is 0 Å². The minimum Gasteiger partial charge on any atom is -0.196 e. The topological polar surface area (TPSA) is 43.4 Å². The van der Waals surface area contributed by atoms with Crippen molar-refractivity contribution in [3.05, 3.63) is 34.2 Å². The van der Waals surface area contributed by atoms with Crippen LogP contribution in [0, 0.1) is 6.92 Å². The summed E-state index contributed by atoms with van der Waals surface area (Å²) in [5.74, 6) is 0. The van der Waals surface area contributed by atoms with E-state index in [-0.39, 0.29) is 18.4 Å². The maximum absolute atomic E-state index is 14.1. The second-order valence-corrected chi connectivity index (χ2v) is 10.1. The molecule has 1 atom stereocenters. The largest absolute Gasteiger partial charge is 0.523 e. The molecule has 1 heterocycles. The van der Waals surface area contributed by atoms with Gasteiger partial charge in [-0.3, -0.25) is 0 Å². The van der Waals surface area contributed by atoms with Crippen LogP contribution in [0.5, 0.6) is 0 Å². The maximum Gasteiger partial charge on any atom is 0.523 e. The summed E-state index contributed by atoms with van der Waals surface area (Å²) >= 11 is 0. The lowest BCUT2D eigenvalue weighted by Crippen LogP contribution is -2.32.